The number of benzene rings is 1. The minimum absolute atomic E-state index is 0.337. The maximum atomic E-state index is 13.7. The molecule has 16 heavy (non-hydrogen) atoms. The Morgan fingerprint density at radius 3 is 2.69 bits per heavy atom. The van der Waals surface area contributed by atoms with Crippen molar-refractivity contribution in [3.63, 3.8) is 0 Å². The third-order valence-electron chi connectivity index (χ3n) is 2.38. The van der Waals surface area contributed by atoms with Gasteiger partial charge in [0.25, 0.3) is 0 Å². The van der Waals surface area contributed by atoms with Gasteiger partial charge in [0.1, 0.15) is 5.82 Å². The Morgan fingerprint density at radius 2 is 2.00 bits per heavy atom. The van der Waals surface area contributed by atoms with Crippen LogP contribution in [0.1, 0.15) is 5.56 Å². The summed E-state index contributed by atoms with van der Waals surface area (Å²) in [6, 6.07) is 4.63. The third-order valence-corrected chi connectivity index (χ3v) is 3.41. The van der Waals surface area contributed by atoms with Gasteiger partial charge in [0, 0.05) is 33.0 Å². The monoisotopic (exact) mass is 299 g/mol. The molecule has 4 heteroatoms. The zero-order valence-corrected chi connectivity index (χ0v) is 10.8. The van der Waals surface area contributed by atoms with E-state index in [4.69, 9.17) is 11.6 Å². The van der Waals surface area contributed by atoms with Gasteiger partial charge in [0.2, 0.25) is 0 Å². The normalized spacial score (nSPS) is 10.5. The number of aromatic nitrogens is 1. The van der Waals surface area contributed by atoms with Crippen LogP contribution in [0.5, 0.6) is 0 Å². The second-order valence-corrected chi connectivity index (χ2v) is 4.71. The van der Waals surface area contributed by atoms with E-state index in [0.29, 0.717) is 10.6 Å². The fourth-order valence-electron chi connectivity index (χ4n) is 1.48. The van der Waals surface area contributed by atoms with Gasteiger partial charge in [-0.15, -0.1) is 0 Å². The molecule has 0 unspecified atom stereocenters. The zero-order chi connectivity index (χ0) is 11.7. The average molecular weight is 301 g/mol. The fourth-order valence-corrected chi connectivity index (χ4v) is 1.97. The van der Waals surface area contributed by atoms with E-state index in [1.165, 1.54) is 6.07 Å². The van der Waals surface area contributed by atoms with Crippen molar-refractivity contribution in [3.05, 3.63) is 51.5 Å². The van der Waals surface area contributed by atoms with Crippen molar-refractivity contribution in [3.8, 4) is 11.1 Å². The lowest BCUT2D eigenvalue weighted by Crippen LogP contribution is -1.90. The summed E-state index contributed by atoms with van der Waals surface area (Å²) >= 11 is 9.08. The Morgan fingerprint density at radius 1 is 1.25 bits per heavy atom. The fraction of sp³-hybridized carbons (Fsp3) is 0.0833. The van der Waals surface area contributed by atoms with Gasteiger partial charge in [-0.25, -0.2) is 4.39 Å². The molecule has 0 radical (unpaired) electrons. The van der Waals surface area contributed by atoms with Gasteiger partial charge in [-0.1, -0.05) is 11.6 Å². The minimum Gasteiger partial charge on any atom is -0.263 e. The predicted molar refractivity (Wildman–Crippen MR) is 67.1 cm³/mol. The zero-order valence-electron chi connectivity index (χ0n) is 8.47. The lowest BCUT2D eigenvalue weighted by Gasteiger charge is -2.08. The smallest absolute Gasteiger partial charge is 0.132 e. The number of nitrogens with zero attached hydrogens (tertiary/aromatic N) is 1. The summed E-state index contributed by atoms with van der Waals surface area (Å²) in [5, 5.41) is 0.391. The van der Waals surface area contributed by atoms with E-state index in [2.05, 4.69) is 20.9 Å². The summed E-state index contributed by atoms with van der Waals surface area (Å²) in [6.45, 7) is 1.91. The molecule has 1 nitrogen and oxygen atoms in total. The summed E-state index contributed by atoms with van der Waals surface area (Å²) in [5.74, 6) is -0.337. The summed E-state index contributed by atoms with van der Waals surface area (Å²) in [4.78, 5) is 4.04. The summed E-state index contributed by atoms with van der Waals surface area (Å²) in [6.07, 6.45) is 3.33. The Bertz CT molecular complexity index is 543. The largest absolute Gasteiger partial charge is 0.263 e. The molecule has 0 aliphatic rings. The molecule has 0 aliphatic heterocycles. The first-order valence-electron chi connectivity index (χ1n) is 4.65. The van der Waals surface area contributed by atoms with Crippen molar-refractivity contribution in [1.29, 1.82) is 0 Å². The number of pyridine rings is 1. The highest BCUT2D eigenvalue weighted by atomic mass is 79.9. The predicted octanol–water partition coefficient (Wildman–Crippen LogP) is 4.61. The summed E-state index contributed by atoms with van der Waals surface area (Å²) in [7, 11) is 0. The minimum atomic E-state index is -0.337. The number of rotatable bonds is 1. The molecule has 2 rings (SSSR count). The highest BCUT2D eigenvalue weighted by Gasteiger charge is 2.10. The van der Waals surface area contributed by atoms with Crippen LogP contribution in [-0.2, 0) is 0 Å². The van der Waals surface area contributed by atoms with E-state index in [1.54, 1.807) is 24.5 Å². The maximum Gasteiger partial charge on any atom is 0.132 e. The van der Waals surface area contributed by atoms with Gasteiger partial charge in [-0.2, -0.15) is 0 Å². The molecule has 0 atom stereocenters. The second-order valence-electron chi connectivity index (χ2n) is 3.42. The maximum absolute atomic E-state index is 13.7. The highest BCUT2D eigenvalue weighted by molar-refractivity contribution is 9.10. The van der Waals surface area contributed by atoms with Crippen LogP contribution in [-0.4, -0.2) is 4.98 Å². The molecular formula is C12H8BrClFN. The molecule has 0 bridgehead atoms. The lowest BCUT2D eigenvalue weighted by atomic mass is 10.0. The second kappa shape index (κ2) is 4.52. The quantitative estimate of drug-likeness (QED) is 0.749. The molecule has 82 valence electrons. The molecular weight excluding hydrogens is 292 g/mol. The summed E-state index contributed by atoms with van der Waals surface area (Å²) < 4.78 is 14.6. The van der Waals surface area contributed by atoms with Gasteiger partial charge in [0.15, 0.2) is 0 Å². The molecule has 0 aliphatic carbocycles. The van der Waals surface area contributed by atoms with Gasteiger partial charge in [-0.3, -0.25) is 4.98 Å². The molecule has 0 saturated carbocycles. The highest BCUT2D eigenvalue weighted by Crippen LogP contribution is 2.30. The molecule has 1 aromatic carbocycles. The van der Waals surface area contributed by atoms with Crippen LogP contribution in [0.25, 0.3) is 11.1 Å². The van der Waals surface area contributed by atoms with E-state index in [-0.39, 0.29) is 5.82 Å². The van der Waals surface area contributed by atoms with E-state index >= 15 is 0 Å². The first-order valence-corrected chi connectivity index (χ1v) is 5.82. The first kappa shape index (κ1) is 11.6. The average Bonchev–Trinajstić information content (AvgIpc) is 2.23. The number of halogens is 3. The third kappa shape index (κ3) is 2.11. The molecule has 0 N–H and O–H groups in total. The van der Waals surface area contributed by atoms with Gasteiger partial charge in [-0.05, 0) is 46.6 Å². The number of hydrogen-bond acceptors (Lipinski definition) is 1. The van der Waals surface area contributed by atoms with Crippen LogP contribution < -0.4 is 0 Å². The van der Waals surface area contributed by atoms with Crippen molar-refractivity contribution < 1.29 is 4.39 Å². The van der Waals surface area contributed by atoms with E-state index in [0.717, 1.165) is 15.6 Å². The van der Waals surface area contributed by atoms with Crippen LogP contribution in [0.2, 0.25) is 5.02 Å². The van der Waals surface area contributed by atoms with Crippen molar-refractivity contribution in [1.82, 2.24) is 4.98 Å². The van der Waals surface area contributed by atoms with Crippen LogP contribution in [0.4, 0.5) is 4.39 Å². The Labute approximate surface area is 106 Å². The number of hydrogen-bond donors (Lipinski definition) is 0. The Kier molecular flexibility index (Phi) is 3.26. The van der Waals surface area contributed by atoms with E-state index in [9.17, 15) is 4.39 Å². The first-order chi connectivity index (χ1) is 7.59. The van der Waals surface area contributed by atoms with Gasteiger partial charge < -0.3 is 0 Å². The van der Waals surface area contributed by atoms with Crippen LogP contribution in [0.15, 0.2) is 35.1 Å². The lowest BCUT2D eigenvalue weighted by molar-refractivity contribution is 0.631. The van der Waals surface area contributed by atoms with Crippen LogP contribution in [0, 0.1) is 12.7 Å². The molecule has 0 fully saturated rings. The van der Waals surface area contributed by atoms with Crippen molar-refractivity contribution in [2.24, 2.45) is 0 Å². The molecule has 0 saturated heterocycles. The van der Waals surface area contributed by atoms with E-state index in [1.807, 2.05) is 6.92 Å². The van der Waals surface area contributed by atoms with Crippen molar-refractivity contribution in [2.45, 2.75) is 6.92 Å². The Hall–Kier alpha value is -0.930. The topological polar surface area (TPSA) is 12.9 Å². The van der Waals surface area contributed by atoms with Crippen molar-refractivity contribution in [2.75, 3.05) is 0 Å². The SMILES string of the molecule is Cc1c(Br)cncc1-c1ccc(Cl)cc1F. The standard InChI is InChI=1S/C12H8BrClFN/c1-7-10(5-16-6-11(7)13)9-3-2-8(14)4-12(9)15/h2-6H,1H3. The van der Waals surface area contributed by atoms with Crippen LogP contribution >= 0.6 is 27.5 Å². The Balaban J connectivity index is 2.63. The van der Waals surface area contributed by atoms with Crippen molar-refractivity contribution >= 4 is 27.5 Å². The molecule has 1 aromatic heterocycles. The molecule has 1 heterocycles. The van der Waals surface area contributed by atoms with Gasteiger partial charge in [0.05, 0.1) is 0 Å². The molecule has 0 spiro atoms. The van der Waals surface area contributed by atoms with Crippen LogP contribution in [0.3, 0.4) is 0 Å². The molecule has 0 amide bonds. The molecule has 2 aromatic rings. The van der Waals surface area contributed by atoms with Gasteiger partial charge >= 0.3 is 0 Å². The van der Waals surface area contributed by atoms with E-state index < -0.39 is 0 Å². The summed E-state index contributed by atoms with van der Waals surface area (Å²) in [5.41, 5.74) is 2.23.